The van der Waals surface area contributed by atoms with Gasteiger partial charge in [-0.05, 0) is 6.92 Å². The second-order valence-electron chi connectivity index (χ2n) is 8.46. The van der Waals surface area contributed by atoms with E-state index in [2.05, 4.69) is 14.8 Å². The summed E-state index contributed by atoms with van der Waals surface area (Å²) in [5.41, 5.74) is 1.68. The highest BCUT2D eigenvalue weighted by atomic mass is 19.2. The standard InChI is InChI=1S/C21H23F5N2O6.C4H6O6/c1-9-11(20(29)31-2)13(14-15(22)17(24)19(26)18(25)16(14)23)12(21(30)32-3)10(28-9)8-34-7-6-33-5-4-27;5-1(3(7)8)2(6)4(9)10/h10,28H,4-8,27H2,1-3H3;1-2,5-6H,(H,7,8)(H,9,10). The third-order valence-corrected chi connectivity index (χ3v) is 5.61. The number of carbonyl (C=O) groups is 4. The number of aliphatic hydroxyl groups is 2. The normalized spacial score (nSPS) is 15.9. The third-order valence-electron chi connectivity index (χ3n) is 5.61. The number of aliphatic carboxylic acids is 2. The number of carbonyl (C=O) groups excluding carboxylic acids is 2. The van der Waals surface area contributed by atoms with Crippen LogP contribution < -0.4 is 11.1 Å². The second-order valence-corrected chi connectivity index (χ2v) is 8.46. The lowest BCUT2D eigenvalue weighted by molar-refractivity contribution is -0.165. The Hall–Kier alpha value is -4.17. The number of hydrogen-bond acceptors (Lipinski definition) is 12. The number of carboxylic acids is 2. The van der Waals surface area contributed by atoms with Gasteiger partial charge in [-0.25, -0.2) is 41.1 Å². The van der Waals surface area contributed by atoms with Crippen LogP contribution in [0.25, 0.3) is 5.57 Å². The number of aliphatic hydroxyl groups excluding tert-OH is 2. The van der Waals surface area contributed by atoms with E-state index in [-0.39, 0.29) is 38.7 Å². The lowest BCUT2D eigenvalue weighted by Crippen LogP contribution is -2.43. The largest absolute Gasteiger partial charge is 0.479 e. The lowest BCUT2D eigenvalue weighted by atomic mass is 9.84. The molecular formula is C25H29F5N2O12. The molecule has 0 saturated carbocycles. The average Bonchev–Trinajstić information content (AvgIpc) is 2.99. The van der Waals surface area contributed by atoms with Gasteiger partial charge in [-0.2, -0.15) is 0 Å². The molecule has 2 rings (SSSR count). The Morgan fingerprint density at radius 1 is 0.795 bits per heavy atom. The molecule has 0 radical (unpaired) electrons. The molecule has 3 atom stereocenters. The Balaban J connectivity index is 0.000000828. The zero-order valence-corrected chi connectivity index (χ0v) is 23.3. The fourth-order valence-electron chi connectivity index (χ4n) is 3.60. The van der Waals surface area contributed by atoms with E-state index in [1.807, 2.05) is 0 Å². The molecule has 0 spiro atoms. The van der Waals surface area contributed by atoms with E-state index in [9.17, 15) is 41.1 Å². The van der Waals surface area contributed by atoms with Crippen LogP contribution >= 0.6 is 0 Å². The van der Waals surface area contributed by atoms with Crippen molar-refractivity contribution in [3.8, 4) is 0 Å². The number of hydrogen-bond donors (Lipinski definition) is 6. The number of allylic oxidation sites excluding steroid dienone is 1. The van der Waals surface area contributed by atoms with Crippen LogP contribution in [0.5, 0.6) is 0 Å². The van der Waals surface area contributed by atoms with Crippen molar-refractivity contribution in [2.45, 2.75) is 25.2 Å². The number of nitrogens with two attached hydrogens (primary N) is 1. The molecule has 14 nitrogen and oxygen atoms in total. The molecule has 0 aliphatic carbocycles. The van der Waals surface area contributed by atoms with Crippen molar-refractivity contribution in [2.75, 3.05) is 47.2 Å². The molecule has 0 aromatic heterocycles. The van der Waals surface area contributed by atoms with Gasteiger partial charge in [0.05, 0.1) is 63.4 Å². The number of benzene rings is 1. The van der Waals surface area contributed by atoms with E-state index in [4.69, 9.17) is 35.6 Å². The fourth-order valence-corrected chi connectivity index (χ4v) is 3.60. The Morgan fingerprint density at radius 2 is 1.25 bits per heavy atom. The minimum atomic E-state index is -2.40. The molecule has 1 aliphatic heterocycles. The molecule has 3 unspecified atom stereocenters. The van der Waals surface area contributed by atoms with E-state index < -0.39 is 93.5 Å². The smallest absolute Gasteiger partial charge is 0.340 e. The molecule has 0 saturated heterocycles. The second kappa shape index (κ2) is 17.2. The van der Waals surface area contributed by atoms with Crippen LogP contribution in [0.2, 0.25) is 0 Å². The van der Waals surface area contributed by atoms with Gasteiger partial charge in [0.25, 0.3) is 0 Å². The maximum atomic E-state index is 14.8. The van der Waals surface area contributed by atoms with E-state index >= 15 is 0 Å². The first-order valence-corrected chi connectivity index (χ1v) is 12.2. The topological polar surface area (TPSA) is 224 Å². The molecule has 0 fully saturated rings. The van der Waals surface area contributed by atoms with Gasteiger partial charge in [0.1, 0.15) is 0 Å². The molecule has 246 valence electrons. The quantitative estimate of drug-likeness (QED) is 0.0529. The molecule has 19 heteroatoms. The highest BCUT2D eigenvalue weighted by Crippen LogP contribution is 2.39. The van der Waals surface area contributed by atoms with Crippen LogP contribution in [0.15, 0.2) is 16.8 Å². The van der Waals surface area contributed by atoms with Gasteiger partial charge in [0.2, 0.25) is 5.82 Å². The Morgan fingerprint density at radius 3 is 1.68 bits per heavy atom. The minimum absolute atomic E-state index is 0.0249. The number of methoxy groups -OCH3 is 2. The van der Waals surface area contributed by atoms with Crippen molar-refractivity contribution >= 4 is 29.5 Å². The molecule has 1 aromatic carbocycles. The van der Waals surface area contributed by atoms with E-state index in [0.29, 0.717) is 0 Å². The molecule has 1 aliphatic rings. The first kappa shape index (κ1) is 37.9. The van der Waals surface area contributed by atoms with Crippen LogP contribution in [0.4, 0.5) is 22.0 Å². The van der Waals surface area contributed by atoms with Crippen LogP contribution in [0.1, 0.15) is 12.5 Å². The zero-order valence-electron chi connectivity index (χ0n) is 23.3. The molecule has 44 heavy (non-hydrogen) atoms. The van der Waals surface area contributed by atoms with Crippen molar-refractivity contribution in [3.63, 3.8) is 0 Å². The Labute approximate surface area is 245 Å². The molecular weight excluding hydrogens is 615 g/mol. The maximum Gasteiger partial charge on any atom is 0.340 e. The van der Waals surface area contributed by atoms with Gasteiger partial charge in [0, 0.05) is 17.8 Å². The number of carboxylic acid groups (broad SMARTS) is 2. The van der Waals surface area contributed by atoms with Crippen molar-refractivity contribution in [2.24, 2.45) is 5.73 Å². The highest BCUT2D eigenvalue weighted by molar-refractivity contribution is 6.14. The van der Waals surface area contributed by atoms with Gasteiger partial charge in [0.15, 0.2) is 35.5 Å². The minimum Gasteiger partial charge on any atom is -0.479 e. The van der Waals surface area contributed by atoms with Gasteiger partial charge in [-0.3, -0.25) is 0 Å². The number of rotatable bonds is 13. The molecule has 0 bridgehead atoms. The summed E-state index contributed by atoms with van der Waals surface area (Å²) in [7, 11) is 1.88. The summed E-state index contributed by atoms with van der Waals surface area (Å²) >= 11 is 0. The monoisotopic (exact) mass is 644 g/mol. The summed E-state index contributed by atoms with van der Waals surface area (Å²) in [6.45, 7) is 1.69. The predicted octanol–water partition coefficient (Wildman–Crippen LogP) is -0.403. The average molecular weight is 644 g/mol. The number of halogens is 5. The van der Waals surface area contributed by atoms with Crippen LogP contribution in [0.3, 0.4) is 0 Å². The van der Waals surface area contributed by atoms with Crippen molar-refractivity contribution in [3.05, 3.63) is 51.5 Å². The Kier molecular flexibility index (Phi) is 14.8. The van der Waals surface area contributed by atoms with E-state index in [1.165, 1.54) is 6.92 Å². The number of dihydropyridines is 1. The molecule has 1 aromatic rings. The fraction of sp³-hybridized carbons (Fsp3) is 0.440. The van der Waals surface area contributed by atoms with Crippen molar-refractivity contribution in [1.82, 2.24) is 5.32 Å². The summed E-state index contributed by atoms with van der Waals surface area (Å²) < 4.78 is 91.2. The van der Waals surface area contributed by atoms with E-state index in [0.717, 1.165) is 14.2 Å². The van der Waals surface area contributed by atoms with Crippen LogP contribution in [0, 0.1) is 29.1 Å². The number of esters is 2. The molecule has 7 N–H and O–H groups in total. The summed E-state index contributed by atoms with van der Waals surface area (Å²) in [5.74, 6) is -17.3. The Bertz CT molecular complexity index is 1270. The predicted molar refractivity (Wildman–Crippen MR) is 135 cm³/mol. The first-order chi connectivity index (χ1) is 20.6. The van der Waals surface area contributed by atoms with Crippen LogP contribution in [-0.2, 0) is 38.1 Å². The summed E-state index contributed by atoms with van der Waals surface area (Å²) in [4.78, 5) is 44.7. The highest BCUT2D eigenvalue weighted by Gasteiger charge is 2.40. The SMILES string of the molecule is COC(=O)C1=C(C)NC(COCCOCCN)C(C(=O)OC)=C1c1c(F)c(F)c(F)c(F)c1F.O=C(O)C(O)C(O)C(=O)O. The van der Waals surface area contributed by atoms with Crippen molar-refractivity contribution < 1.29 is 80.5 Å². The zero-order chi connectivity index (χ0) is 33.9. The van der Waals surface area contributed by atoms with Gasteiger partial charge >= 0.3 is 23.9 Å². The number of ether oxygens (including phenoxy) is 4. The first-order valence-electron chi connectivity index (χ1n) is 12.2. The number of nitrogens with one attached hydrogen (secondary N) is 1. The lowest BCUT2D eigenvalue weighted by Gasteiger charge is -2.31. The van der Waals surface area contributed by atoms with Crippen molar-refractivity contribution in [1.29, 1.82) is 0 Å². The molecule has 0 amide bonds. The van der Waals surface area contributed by atoms with Crippen LogP contribution in [-0.4, -0.2) is 110 Å². The van der Waals surface area contributed by atoms with Gasteiger partial charge < -0.3 is 50.4 Å². The van der Waals surface area contributed by atoms with Gasteiger partial charge in [-0.15, -0.1) is 0 Å². The van der Waals surface area contributed by atoms with E-state index in [1.54, 1.807) is 0 Å². The maximum absolute atomic E-state index is 14.8. The summed E-state index contributed by atoms with van der Waals surface area (Å²) in [6.07, 6.45) is -4.53. The molecule has 1 heterocycles. The third kappa shape index (κ3) is 8.92. The summed E-state index contributed by atoms with van der Waals surface area (Å²) in [5, 5.41) is 35.3. The summed E-state index contributed by atoms with van der Waals surface area (Å²) in [6, 6.07) is -1.19. The van der Waals surface area contributed by atoms with Gasteiger partial charge in [-0.1, -0.05) is 0 Å².